The van der Waals surface area contributed by atoms with Crippen LogP contribution < -0.4 is 10.5 Å². The van der Waals surface area contributed by atoms with E-state index in [1.54, 1.807) is 39.2 Å². The Morgan fingerprint density at radius 1 is 1.32 bits per heavy atom. The second kappa shape index (κ2) is 6.02. The number of sulfonamides is 1. The molecule has 0 fully saturated rings. The van der Waals surface area contributed by atoms with E-state index in [9.17, 15) is 12.6 Å². The first-order valence-electron chi connectivity index (χ1n) is 5.82. The van der Waals surface area contributed by atoms with Crippen molar-refractivity contribution in [1.82, 2.24) is 4.72 Å². The Morgan fingerprint density at radius 3 is 2.21 bits per heavy atom. The number of rotatable bonds is 5. The zero-order valence-electron chi connectivity index (χ0n) is 11.6. The summed E-state index contributed by atoms with van der Waals surface area (Å²) in [6, 6.07) is 2.88. The molecule has 1 rings (SSSR count). The SMILES string of the molecule is Cc1cc(N)cc(C)c1S(=O)(=O)NC(C)CS(C)=O. The van der Waals surface area contributed by atoms with Crippen LogP contribution in [0.15, 0.2) is 17.0 Å². The number of nitrogens with two attached hydrogens (primary N) is 1. The second-order valence-electron chi connectivity index (χ2n) is 4.75. The third-order valence-electron chi connectivity index (χ3n) is 2.59. The van der Waals surface area contributed by atoms with Crippen LogP contribution in [0.3, 0.4) is 0 Å². The lowest BCUT2D eigenvalue weighted by Gasteiger charge is -2.16. The normalized spacial score (nSPS) is 15.2. The smallest absolute Gasteiger partial charge is 0.241 e. The number of benzene rings is 1. The lowest BCUT2D eigenvalue weighted by atomic mass is 10.1. The molecule has 3 N–H and O–H groups in total. The topological polar surface area (TPSA) is 89.3 Å². The molecule has 2 atom stereocenters. The predicted molar refractivity (Wildman–Crippen MR) is 79.0 cm³/mol. The Labute approximate surface area is 117 Å². The lowest BCUT2D eigenvalue weighted by Crippen LogP contribution is -2.36. The maximum Gasteiger partial charge on any atom is 0.241 e. The average molecular weight is 304 g/mol. The number of hydrogen-bond donors (Lipinski definition) is 2. The Hall–Kier alpha value is -0.920. The summed E-state index contributed by atoms with van der Waals surface area (Å²) in [7, 11) is -4.67. The minimum absolute atomic E-state index is 0.246. The first-order chi connectivity index (χ1) is 8.63. The highest BCUT2D eigenvalue weighted by atomic mass is 32.2. The minimum Gasteiger partial charge on any atom is -0.399 e. The van der Waals surface area contributed by atoms with Gasteiger partial charge in [0.05, 0.1) is 4.90 Å². The van der Waals surface area contributed by atoms with E-state index >= 15 is 0 Å². The molecule has 0 aromatic heterocycles. The summed E-state index contributed by atoms with van der Waals surface area (Å²) in [5, 5.41) is 0. The van der Waals surface area contributed by atoms with Gasteiger partial charge >= 0.3 is 0 Å². The molecule has 1 aromatic carbocycles. The van der Waals surface area contributed by atoms with Crippen LogP contribution in [0, 0.1) is 13.8 Å². The van der Waals surface area contributed by atoms with Crippen LogP contribution in [0.1, 0.15) is 18.1 Å². The van der Waals surface area contributed by atoms with Crippen molar-refractivity contribution in [3.8, 4) is 0 Å². The van der Waals surface area contributed by atoms with Gasteiger partial charge in [0.25, 0.3) is 0 Å². The molecule has 7 heteroatoms. The molecule has 1 aromatic rings. The van der Waals surface area contributed by atoms with Crippen molar-refractivity contribution in [1.29, 1.82) is 0 Å². The average Bonchev–Trinajstić information content (AvgIpc) is 2.10. The lowest BCUT2D eigenvalue weighted by molar-refractivity contribution is 0.569. The van der Waals surface area contributed by atoms with Gasteiger partial charge in [-0.05, 0) is 44.0 Å². The van der Waals surface area contributed by atoms with Crippen molar-refractivity contribution in [2.24, 2.45) is 0 Å². The highest BCUT2D eigenvalue weighted by molar-refractivity contribution is 7.89. The highest BCUT2D eigenvalue weighted by Crippen LogP contribution is 2.23. The highest BCUT2D eigenvalue weighted by Gasteiger charge is 2.22. The van der Waals surface area contributed by atoms with Crippen LogP contribution in [-0.2, 0) is 20.8 Å². The van der Waals surface area contributed by atoms with Crippen LogP contribution in [0.4, 0.5) is 5.69 Å². The van der Waals surface area contributed by atoms with Crippen molar-refractivity contribution >= 4 is 26.5 Å². The van der Waals surface area contributed by atoms with E-state index in [0.29, 0.717) is 16.8 Å². The zero-order valence-corrected chi connectivity index (χ0v) is 13.2. The summed E-state index contributed by atoms with van der Waals surface area (Å²) in [5.41, 5.74) is 7.43. The molecular weight excluding hydrogens is 284 g/mol. The third-order valence-corrected chi connectivity index (χ3v) is 5.46. The van der Waals surface area contributed by atoms with E-state index in [4.69, 9.17) is 5.73 Å². The van der Waals surface area contributed by atoms with E-state index in [1.165, 1.54) is 0 Å². The maximum absolute atomic E-state index is 12.3. The standard InChI is InChI=1S/C12H20N2O3S2/c1-8-5-11(13)6-9(2)12(8)19(16,17)14-10(3)7-18(4)15/h5-6,10,14H,7,13H2,1-4H3. The molecule has 0 bridgehead atoms. The second-order valence-corrected chi connectivity index (χ2v) is 7.88. The summed E-state index contributed by atoms with van der Waals surface area (Å²) >= 11 is 0. The van der Waals surface area contributed by atoms with Crippen molar-refractivity contribution in [2.75, 3.05) is 17.7 Å². The first-order valence-corrected chi connectivity index (χ1v) is 9.03. The fourth-order valence-electron chi connectivity index (χ4n) is 2.12. The van der Waals surface area contributed by atoms with Gasteiger partial charge in [-0.25, -0.2) is 13.1 Å². The molecule has 5 nitrogen and oxygen atoms in total. The van der Waals surface area contributed by atoms with Gasteiger partial charge in [0.15, 0.2) is 0 Å². The van der Waals surface area contributed by atoms with E-state index in [2.05, 4.69) is 4.72 Å². The fourth-order valence-corrected chi connectivity index (χ4v) is 4.71. The summed E-state index contributed by atoms with van der Waals surface area (Å²) in [4.78, 5) is 0.246. The van der Waals surface area contributed by atoms with E-state index < -0.39 is 20.8 Å². The molecule has 2 unspecified atom stereocenters. The van der Waals surface area contributed by atoms with Crippen LogP contribution in [0.2, 0.25) is 0 Å². The molecule has 108 valence electrons. The Morgan fingerprint density at radius 2 is 1.79 bits per heavy atom. The van der Waals surface area contributed by atoms with Crippen molar-refractivity contribution in [3.05, 3.63) is 23.3 Å². The molecule has 0 aliphatic carbocycles. The molecule has 0 saturated carbocycles. The van der Waals surface area contributed by atoms with Gasteiger partial charge in [0, 0.05) is 34.5 Å². The van der Waals surface area contributed by atoms with E-state index in [0.717, 1.165) is 0 Å². The van der Waals surface area contributed by atoms with Gasteiger partial charge in [-0.1, -0.05) is 0 Å². The molecular formula is C12H20N2O3S2. The predicted octanol–water partition coefficient (Wildman–Crippen LogP) is 0.931. The minimum atomic E-state index is -3.62. The molecule has 0 saturated heterocycles. The first kappa shape index (κ1) is 16.1. The maximum atomic E-state index is 12.3. The third kappa shape index (κ3) is 4.29. The van der Waals surface area contributed by atoms with Crippen LogP contribution in [0.5, 0.6) is 0 Å². The van der Waals surface area contributed by atoms with Gasteiger partial charge < -0.3 is 5.73 Å². The summed E-state index contributed by atoms with van der Waals surface area (Å²) < 4.78 is 38.3. The van der Waals surface area contributed by atoms with Crippen LogP contribution >= 0.6 is 0 Å². The van der Waals surface area contributed by atoms with Gasteiger partial charge in [0.1, 0.15) is 0 Å². The van der Waals surface area contributed by atoms with Crippen LogP contribution in [-0.4, -0.2) is 30.7 Å². The molecule has 0 amide bonds. The molecule has 19 heavy (non-hydrogen) atoms. The monoisotopic (exact) mass is 304 g/mol. The molecule has 0 spiro atoms. The Balaban J connectivity index is 3.11. The van der Waals surface area contributed by atoms with Crippen molar-refractivity contribution in [3.63, 3.8) is 0 Å². The Kier molecular flexibility index (Phi) is 5.11. The van der Waals surface area contributed by atoms with E-state index in [1.807, 2.05) is 0 Å². The summed E-state index contributed by atoms with van der Waals surface area (Å²) in [5.74, 6) is 0.284. The van der Waals surface area contributed by atoms with Gasteiger partial charge in [-0.2, -0.15) is 0 Å². The summed E-state index contributed by atoms with van der Waals surface area (Å²) in [6.07, 6.45) is 1.55. The number of nitrogen functional groups attached to an aromatic ring is 1. The van der Waals surface area contributed by atoms with Crippen molar-refractivity contribution in [2.45, 2.75) is 31.7 Å². The van der Waals surface area contributed by atoms with Gasteiger partial charge in [0.2, 0.25) is 10.0 Å². The quantitative estimate of drug-likeness (QED) is 0.792. The molecule has 0 aliphatic heterocycles. The van der Waals surface area contributed by atoms with Gasteiger partial charge in [-0.15, -0.1) is 0 Å². The molecule has 0 radical (unpaired) electrons. The number of nitrogens with one attached hydrogen (secondary N) is 1. The van der Waals surface area contributed by atoms with Crippen molar-refractivity contribution < 1.29 is 12.6 Å². The van der Waals surface area contributed by atoms with E-state index in [-0.39, 0.29) is 16.7 Å². The Bertz CT molecular complexity index is 574. The van der Waals surface area contributed by atoms with Gasteiger partial charge in [-0.3, -0.25) is 4.21 Å². The number of aryl methyl sites for hydroxylation is 2. The number of anilines is 1. The fraction of sp³-hybridized carbons (Fsp3) is 0.500. The zero-order chi connectivity index (χ0) is 14.8. The largest absolute Gasteiger partial charge is 0.399 e. The number of hydrogen-bond acceptors (Lipinski definition) is 4. The van der Waals surface area contributed by atoms with Crippen LogP contribution in [0.25, 0.3) is 0 Å². The molecule has 0 aliphatic rings. The molecule has 0 heterocycles. The summed E-state index contributed by atoms with van der Waals surface area (Å²) in [6.45, 7) is 5.11.